The Labute approximate surface area is 187 Å². The van der Waals surface area contributed by atoms with Crippen molar-refractivity contribution < 1.29 is 4.74 Å². The zero-order chi connectivity index (χ0) is 21.4. The summed E-state index contributed by atoms with van der Waals surface area (Å²) in [5, 5.41) is 4.70. The molecule has 30 heavy (non-hydrogen) atoms. The summed E-state index contributed by atoms with van der Waals surface area (Å²) in [5.41, 5.74) is 5.56. The van der Waals surface area contributed by atoms with Crippen molar-refractivity contribution in [2.75, 3.05) is 12.0 Å². The highest BCUT2D eigenvalue weighted by molar-refractivity contribution is 7.80. The second kappa shape index (κ2) is 8.28. The minimum absolute atomic E-state index is 0.0524. The predicted molar refractivity (Wildman–Crippen MR) is 126 cm³/mol. The van der Waals surface area contributed by atoms with Crippen LogP contribution in [0, 0.1) is 13.8 Å². The molecule has 1 saturated heterocycles. The molecule has 5 nitrogen and oxygen atoms in total. The molecule has 4 rings (SSSR count). The number of aryl methyl sites for hydroxylation is 1. The fourth-order valence-electron chi connectivity index (χ4n) is 4.37. The Bertz CT molecular complexity index is 1080. The minimum atomic E-state index is -0.0783. The number of halogens is 1. The number of hydrogen-bond donors (Lipinski definition) is 1. The summed E-state index contributed by atoms with van der Waals surface area (Å²) < 4.78 is 7.66. The molecule has 1 N–H and O–H groups in total. The summed E-state index contributed by atoms with van der Waals surface area (Å²) >= 11 is 12.3. The number of nitrogens with zero attached hydrogens (tertiary/aromatic N) is 3. The van der Waals surface area contributed by atoms with Gasteiger partial charge in [-0.15, -0.1) is 0 Å². The molecule has 2 atom stereocenters. The number of ether oxygens (including phenoxy) is 1. The molecule has 0 bridgehead atoms. The van der Waals surface area contributed by atoms with Crippen LogP contribution in [0.2, 0.25) is 5.02 Å². The largest absolute Gasteiger partial charge is 0.495 e. The first-order valence-electron chi connectivity index (χ1n) is 9.97. The van der Waals surface area contributed by atoms with Crippen LogP contribution in [-0.4, -0.2) is 21.8 Å². The van der Waals surface area contributed by atoms with Crippen LogP contribution >= 0.6 is 23.8 Å². The van der Waals surface area contributed by atoms with E-state index in [0.29, 0.717) is 15.9 Å². The number of aromatic nitrogens is 2. The maximum atomic E-state index is 6.45. The van der Waals surface area contributed by atoms with Gasteiger partial charge in [-0.1, -0.05) is 17.7 Å². The van der Waals surface area contributed by atoms with Crippen molar-refractivity contribution in [1.29, 1.82) is 0 Å². The van der Waals surface area contributed by atoms with E-state index in [4.69, 9.17) is 28.6 Å². The Balaban J connectivity index is 1.88. The quantitative estimate of drug-likeness (QED) is 0.541. The van der Waals surface area contributed by atoms with E-state index in [-0.39, 0.29) is 12.1 Å². The van der Waals surface area contributed by atoms with Crippen molar-refractivity contribution in [3.63, 3.8) is 0 Å². The Morgan fingerprint density at radius 3 is 2.60 bits per heavy atom. The molecule has 1 aliphatic rings. The number of rotatable bonds is 5. The standard InChI is InChI=1S/C23H25ClN4OS/c1-5-27-14(2)12-17(15(27)3)22-21(19-8-6-7-11-25-19)26-23(30)28(22)16-9-10-20(29-4)18(24)13-16/h6-13,21-22H,5H2,1-4H3,(H,26,30)/t21-,22+/m1/s1. The summed E-state index contributed by atoms with van der Waals surface area (Å²) in [6.45, 7) is 7.40. The zero-order valence-corrected chi connectivity index (χ0v) is 19.1. The highest BCUT2D eigenvalue weighted by atomic mass is 35.5. The topological polar surface area (TPSA) is 42.3 Å². The van der Waals surface area contributed by atoms with Crippen molar-refractivity contribution in [3.05, 3.63) is 76.3 Å². The van der Waals surface area contributed by atoms with Crippen LogP contribution in [0.3, 0.4) is 0 Å². The van der Waals surface area contributed by atoms with Gasteiger partial charge in [-0.05, 0) is 75.0 Å². The van der Waals surface area contributed by atoms with E-state index in [0.717, 1.165) is 17.9 Å². The van der Waals surface area contributed by atoms with E-state index in [1.165, 1.54) is 17.0 Å². The van der Waals surface area contributed by atoms with Crippen LogP contribution in [0.4, 0.5) is 5.69 Å². The zero-order valence-electron chi connectivity index (χ0n) is 17.5. The summed E-state index contributed by atoms with van der Waals surface area (Å²) in [6, 6.07) is 13.9. The van der Waals surface area contributed by atoms with Crippen LogP contribution < -0.4 is 15.0 Å². The van der Waals surface area contributed by atoms with Gasteiger partial charge < -0.3 is 19.5 Å². The fraction of sp³-hybridized carbons (Fsp3) is 0.304. The number of pyridine rings is 1. The maximum absolute atomic E-state index is 6.45. The summed E-state index contributed by atoms with van der Waals surface area (Å²) in [5.74, 6) is 0.639. The Hall–Kier alpha value is -2.57. The molecule has 1 fully saturated rings. The molecule has 0 amide bonds. The van der Waals surface area contributed by atoms with Crippen LogP contribution in [0.1, 0.15) is 41.7 Å². The van der Waals surface area contributed by atoms with Gasteiger partial charge >= 0.3 is 0 Å². The number of methoxy groups -OCH3 is 1. The van der Waals surface area contributed by atoms with Crippen molar-refractivity contribution in [2.24, 2.45) is 0 Å². The Kier molecular flexibility index (Phi) is 5.71. The van der Waals surface area contributed by atoms with Crippen molar-refractivity contribution in [1.82, 2.24) is 14.9 Å². The average Bonchev–Trinajstić information content (AvgIpc) is 3.23. The number of anilines is 1. The lowest BCUT2D eigenvalue weighted by Gasteiger charge is -2.28. The third kappa shape index (κ3) is 3.44. The monoisotopic (exact) mass is 440 g/mol. The predicted octanol–water partition coefficient (Wildman–Crippen LogP) is 5.36. The summed E-state index contributed by atoms with van der Waals surface area (Å²) in [6.07, 6.45) is 1.82. The highest BCUT2D eigenvalue weighted by Gasteiger charge is 2.42. The van der Waals surface area contributed by atoms with E-state index in [2.05, 4.69) is 46.6 Å². The molecule has 0 spiro atoms. The van der Waals surface area contributed by atoms with Gasteiger partial charge in [0.15, 0.2) is 5.11 Å². The van der Waals surface area contributed by atoms with Gasteiger partial charge in [0.2, 0.25) is 0 Å². The molecule has 1 aliphatic heterocycles. The molecular formula is C23H25ClN4OS. The number of hydrogen-bond acceptors (Lipinski definition) is 3. The average molecular weight is 441 g/mol. The van der Waals surface area contributed by atoms with Crippen LogP contribution in [-0.2, 0) is 6.54 Å². The SMILES string of the molecule is CCn1c(C)cc([C@H]2[C@@H](c3ccccn3)NC(=S)N2c2ccc(OC)c(Cl)c2)c1C. The lowest BCUT2D eigenvalue weighted by atomic mass is 9.96. The van der Waals surface area contributed by atoms with E-state index >= 15 is 0 Å². The second-order valence-corrected chi connectivity index (χ2v) is 8.18. The van der Waals surface area contributed by atoms with E-state index in [1.54, 1.807) is 7.11 Å². The third-order valence-electron chi connectivity index (χ3n) is 5.76. The van der Waals surface area contributed by atoms with Crippen molar-refractivity contribution in [2.45, 2.75) is 39.4 Å². The normalized spacial score (nSPS) is 18.6. The molecule has 0 saturated carbocycles. The first-order chi connectivity index (χ1) is 14.5. The molecular weight excluding hydrogens is 416 g/mol. The molecule has 3 heterocycles. The lowest BCUT2D eigenvalue weighted by Crippen LogP contribution is -2.29. The third-order valence-corrected chi connectivity index (χ3v) is 6.37. The molecule has 7 heteroatoms. The number of thiocarbonyl (C=S) groups is 1. The fourth-order valence-corrected chi connectivity index (χ4v) is 4.97. The maximum Gasteiger partial charge on any atom is 0.174 e. The molecule has 156 valence electrons. The molecule has 2 aromatic heterocycles. The summed E-state index contributed by atoms with van der Waals surface area (Å²) in [4.78, 5) is 6.76. The van der Waals surface area contributed by atoms with E-state index < -0.39 is 0 Å². The van der Waals surface area contributed by atoms with Crippen LogP contribution in [0.5, 0.6) is 5.75 Å². The van der Waals surface area contributed by atoms with Crippen LogP contribution in [0.15, 0.2) is 48.7 Å². The van der Waals surface area contributed by atoms with Gasteiger partial charge in [-0.2, -0.15) is 0 Å². The molecule has 3 aromatic rings. The van der Waals surface area contributed by atoms with Crippen molar-refractivity contribution in [3.8, 4) is 5.75 Å². The Morgan fingerprint density at radius 1 is 1.20 bits per heavy atom. The first-order valence-corrected chi connectivity index (χ1v) is 10.8. The van der Waals surface area contributed by atoms with Crippen LogP contribution in [0.25, 0.3) is 0 Å². The number of benzene rings is 1. The summed E-state index contributed by atoms with van der Waals surface area (Å²) in [7, 11) is 1.61. The lowest BCUT2D eigenvalue weighted by molar-refractivity contribution is 0.415. The smallest absolute Gasteiger partial charge is 0.174 e. The van der Waals surface area contributed by atoms with E-state index in [9.17, 15) is 0 Å². The van der Waals surface area contributed by atoms with Crippen molar-refractivity contribution >= 4 is 34.6 Å². The van der Waals surface area contributed by atoms with E-state index in [1.807, 2.05) is 42.6 Å². The van der Waals surface area contributed by atoms with Gasteiger partial charge in [0.1, 0.15) is 5.75 Å². The molecule has 1 aromatic carbocycles. The molecule has 0 aliphatic carbocycles. The highest BCUT2D eigenvalue weighted by Crippen LogP contribution is 2.44. The Morgan fingerprint density at radius 2 is 2.00 bits per heavy atom. The van der Waals surface area contributed by atoms with Gasteiger partial charge in [-0.25, -0.2) is 0 Å². The minimum Gasteiger partial charge on any atom is -0.495 e. The van der Waals surface area contributed by atoms with Gasteiger partial charge in [-0.3, -0.25) is 4.98 Å². The van der Waals surface area contributed by atoms with Gasteiger partial charge in [0, 0.05) is 29.8 Å². The van der Waals surface area contributed by atoms with Gasteiger partial charge in [0.25, 0.3) is 0 Å². The number of nitrogens with one attached hydrogen (secondary N) is 1. The molecule has 0 radical (unpaired) electrons. The first kappa shape index (κ1) is 20.7. The second-order valence-electron chi connectivity index (χ2n) is 7.39. The van der Waals surface area contributed by atoms with Gasteiger partial charge in [0.05, 0.1) is 29.9 Å². The molecule has 0 unspecified atom stereocenters.